The van der Waals surface area contributed by atoms with Gasteiger partial charge in [0, 0.05) is 6.42 Å². The van der Waals surface area contributed by atoms with Crippen molar-refractivity contribution in [1.29, 1.82) is 0 Å². The number of hydrogen-bond donors (Lipinski definition) is 1. The first kappa shape index (κ1) is 33.8. The Morgan fingerprint density at radius 2 is 1.06 bits per heavy atom. The first-order valence-electron chi connectivity index (χ1n) is 14.7. The summed E-state index contributed by atoms with van der Waals surface area (Å²) in [6.07, 6.45) is 30.4. The van der Waals surface area contributed by atoms with Gasteiger partial charge in [0.2, 0.25) is 0 Å². The van der Waals surface area contributed by atoms with Crippen molar-refractivity contribution in [3.63, 3.8) is 0 Å². The molecular weight excluding hydrogens is 441 g/mol. The maximum Gasteiger partial charge on any atom is 0.385 e. The minimum absolute atomic E-state index is 0.347. The topological polar surface area (TPSA) is 46.5 Å². The van der Waals surface area contributed by atoms with Crippen LogP contribution in [0.2, 0.25) is 0 Å². The van der Waals surface area contributed by atoms with E-state index < -0.39 is 7.60 Å². The van der Waals surface area contributed by atoms with Crippen molar-refractivity contribution in [1.82, 2.24) is 0 Å². The van der Waals surface area contributed by atoms with Crippen LogP contribution in [0.5, 0.6) is 0 Å². The van der Waals surface area contributed by atoms with Crippen molar-refractivity contribution in [2.45, 2.75) is 148 Å². The monoisotopic (exact) mass is 502 g/mol. The van der Waals surface area contributed by atoms with E-state index in [1.807, 2.05) is 28.1 Å². The van der Waals surface area contributed by atoms with Crippen molar-refractivity contribution in [3.05, 3.63) is 12.2 Å². The smallest absolute Gasteiger partial charge is 0.320 e. The van der Waals surface area contributed by atoms with Crippen LogP contribution < -0.4 is 0 Å². The van der Waals surface area contributed by atoms with Crippen molar-refractivity contribution in [2.75, 3.05) is 27.7 Å². The Kier molecular flexibility index (Phi) is 22.0. The number of rotatable bonds is 25. The lowest BCUT2D eigenvalue weighted by molar-refractivity contribution is -0.883. The minimum Gasteiger partial charge on any atom is -0.320 e. The predicted molar refractivity (Wildman–Crippen MR) is 150 cm³/mol. The molecule has 0 heterocycles. The fourth-order valence-electron chi connectivity index (χ4n) is 4.74. The van der Waals surface area contributed by atoms with Crippen LogP contribution in [0.15, 0.2) is 12.2 Å². The van der Waals surface area contributed by atoms with Crippen LogP contribution in [0.25, 0.3) is 0 Å². The van der Waals surface area contributed by atoms with Crippen LogP contribution in [0.3, 0.4) is 0 Å². The second-order valence-electron chi connectivity index (χ2n) is 11.1. The van der Waals surface area contributed by atoms with Crippen LogP contribution in [0.4, 0.5) is 0 Å². The van der Waals surface area contributed by atoms with Crippen LogP contribution in [0, 0.1) is 0 Å². The zero-order valence-corrected chi connectivity index (χ0v) is 24.6. The van der Waals surface area contributed by atoms with Crippen molar-refractivity contribution >= 4 is 7.60 Å². The lowest BCUT2D eigenvalue weighted by atomic mass is 10.0. The summed E-state index contributed by atoms with van der Waals surface area (Å²) in [7, 11) is 2.32. The van der Waals surface area contributed by atoms with Gasteiger partial charge in [-0.05, 0) is 25.7 Å². The third kappa shape index (κ3) is 20.1. The SMILES string of the molecule is CCCC=CCCCCCCCCCCCCCCCCCCOP(=O)(O)C(CC)[N+](C)(C)C. The second-order valence-corrected chi connectivity index (χ2v) is 13.1. The number of allylic oxidation sites excluding steroid dienone is 2. The van der Waals surface area contributed by atoms with E-state index >= 15 is 0 Å². The van der Waals surface area contributed by atoms with Gasteiger partial charge in [-0.3, -0.25) is 4.57 Å². The Labute approximate surface area is 214 Å². The summed E-state index contributed by atoms with van der Waals surface area (Å²) in [5.41, 5.74) is 0. The van der Waals surface area contributed by atoms with Gasteiger partial charge in [0.1, 0.15) is 0 Å². The molecule has 0 aromatic heterocycles. The molecular formula is C29H61NO3P+. The van der Waals surface area contributed by atoms with Gasteiger partial charge in [-0.2, -0.15) is 0 Å². The molecule has 0 aromatic carbocycles. The first-order valence-corrected chi connectivity index (χ1v) is 16.3. The number of hydrogen-bond acceptors (Lipinski definition) is 2. The zero-order chi connectivity index (χ0) is 25.5. The molecule has 1 N–H and O–H groups in total. The molecule has 0 spiro atoms. The molecule has 0 rings (SSSR count). The Bertz CT molecular complexity index is 516. The fraction of sp³-hybridized carbons (Fsp3) is 0.931. The van der Waals surface area contributed by atoms with E-state index in [9.17, 15) is 9.46 Å². The molecule has 0 amide bonds. The van der Waals surface area contributed by atoms with Crippen LogP contribution in [-0.4, -0.2) is 42.9 Å². The maximum absolute atomic E-state index is 12.5. The molecule has 4 nitrogen and oxygen atoms in total. The first-order chi connectivity index (χ1) is 16.3. The summed E-state index contributed by atoms with van der Waals surface area (Å²) in [6.45, 7) is 4.60. The Morgan fingerprint density at radius 1 is 0.676 bits per heavy atom. The van der Waals surface area contributed by atoms with Gasteiger partial charge in [0.15, 0.2) is 5.78 Å². The minimum atomic E-state index is -3.55. The number of quaternary nitrogens is 1. The van der Waals surface area contributed by atoms with E-state index in [4.69, 9.17) is 4.52 Å². The van der Waals surface area contributed by atoms with Gasteiger partial charge in [-0.1, -0.05) is 122 Å². The summed E-state index contributed by atoms with van der Waals surface area (Å²) in [5, 5.41) is 0. The molecule has 0 aromatic rings. The van der Waals surface area contributed by atoms with Crippen LogP contribution in [-0.2, 0) is 9.09 Å². The molecule has 0 saturated carbocycles. The molecule has 2 atom stereocenters. The molecule has 0 aliphatic heterocycles. The van der Waals surface area contributed by atoms with Crippen molar-refractivity contribution in [2.24, 2.45) is 0 Å². The lowest BCUT2D eigenvalue weighted by Crippen LogP contribution is -2.44. The quantitative estimate of drug-likeness (QED) is 0.0585. The highest BCUT2D eigenvalue weighted by Crippen LogP contribution is 2.51. The Hall–Kier alpha value is -0.150. The normalized spacial score (nSPS) is 15.1. The van der Waals surface area contributed by atoms with Gasteiger partial charge in [0.05, 0.1) is 27.7 Å². The number of nitrogens with zero attached hydrogens (tertiary/aromatic N) is 1. The van der Waals surface area contributed by atoms with E-state index in [1.54, 1.807) is 0 Å². The lowest BCUT2D eigenvalue weighted by Gasteiger charge is -2.35. The average Bonchev–Trinajstić information content (AvgIpc) is 2.76. The molecule has 204 valence electrons. The van der Waals surface area contributed by atoms with Crippen molar-refractivity contribution in [3.8, 4) is 0 Å². The molecule has 0 radical (unpaired) electrons. The Morgan fingerprint density at radius 3 is 1.44 bits per heavy atom. The third-order valence-corrected chi connectivity index (χ3v) is 9.16. The molecule has 0 bridgehead atoms. The summed E-state index contributed by atoms with van der Waals surface area (Å²) in [5.74, 6) is -0.347. The summed E-state index contributed by atoms with van der Waals surface area (Å²) >= 11 is 0. The van der Waals surface area contributed by atoms with E-state index in [0.717, 1.165) is 12.8 Å². The van der Waals surface area contributed by atoms with Gasteiger partial charge in [-0.25, -0.2) is 0 Å². The summed E-state index contributed by atoms with van der Waals surface area (Å²) in [4.78, 5) is 10.3. The van der Waals surface area contributed by atoms with Crippen LogP contribution in [0.1, 0.15) is 142 Å². The highest BCUT2D eigenvalue weighted by molar-refractivity contribution is 7.53. The second kappa shape index (κ2) is 22.1. The molecule has 0 aliphatic rings. The van der Waals surface area contributed by atoms with E-state index in [-0.39, 0.29) is 5.78 Å². The predicted octanol–water partition coefficient (Wildman–Crippen LogP) is 9.62. The molecule has 2 unspecified atom stereocenters. The standard InChI is InChI=1S/C29H60NO3P/c1-6-8-9-10-11-12-13-14-15-16-17-18-19-20-21-22-23-24-25-26-27-28-33-34(31,32)29(7-2)30(3,4)5/h9-10,29H,6-8,11-28H2,1-5H3/p+1. The zero-order valence-electron chi connectivity index (χ0n) is 23.7. The van der Waals surface area contributed by atoms with Gasteiger partial charge < -0.3 is 13.9 Å². The summed E-state index contributed by atoms with van der Waals surface area (Å²) < 4.78 is 18.4. The van der Waals surface area contributed by atoms with Gasteiger partial charge in [-0.15, -0.1) is 0 Å². The molecule has 0 aliphatic carbocycles. The maximum atomic E-state index is 12.5. The van der Waals surface area contributed by atoms with Gasteiger partial charge >= 0.3 is 7.60 Å². The van der Waals surface area contributed by atoms with Crippen LogP contribution >= 0.6 is 7.60 Å². The van der Waals surface area contributed by atoms with E-state index in [1.165, 1.54) is 109 Å². The van der Waals surface area contributed by atoms with E-state index in [2.05, 4.69) is 19.1 Å². The highest BCUT2D eigenvalue weighted by Gasteiger charge is 2.41. The Balaban J connectivity index is 3.36. The fourth-order valence-corrected chi connectivity index (χ4v) is 6.64. The molecule has 34 heavy (non-hydrogen) atoms. The third-order valence-electron chi connectivity index (χ3n) is 6.80. The molecule has 0 saturated heterocycles. The molecule has 5 heteroatoms. The average molecular weight is 503 g/mol. The molecule has 0 fully saturated rings. The largest absolute Gasteiger partial charge is 0.385 e. The number of unbranched alkanes of at least 4 members (excludes halogenated alkanes) is 17. The summed E-state index contributed by atoms with van der Waals surface area (Å²) in [6, 6.07) is 0. The highest BCUT2D eigenvalue weighted by atomic mass is 31.2. The van der Waals surface area contributed by atoms with Gasteiger partial charge in [0.25, 0.3) is 0 Å². The van der Waals surface area contributed by atoms with E-state index in [0.29, 0.717) is 17.5 Å². The van der Waals surface area contributed by atoms with Crippen molar-refractivity contribution < 1.29 is 18.5 Å².